The number of ether oxygens (including phenoxy) is 1. The Balaban J connectivity index is 2.18. The van der Waals surface area contributed by atoms with Gasteiger partial charge in [0.2, 0.25) is 0 Å². The van der Waals surface area contributed by atoms with Gasteiger partial charge in [-0.3, -0.25) is 14.9 Å². The summed E-state index contributed by atoms with van der Waals surface area (Å²) in [7, 11) is 1.76. The molecule has 0 aliphatic rings. The SMILES string of the molecule is CN(CCOC(=O)CI)c1ccc([N+](=O)[O-])c2onnc12. The van der Waals surface area contributed by atoms with Crippen LogP contribution in [-0.4, -0.2) is 45.9 Å². The van der Waals surface area contributed by atoms with Crippen molar-refractivity contribution in [1.29, 1.82) is 0 Å². The van der Waals surface area contributed by atoms with E-state index in [0.29, 0.717) is 17.7 Å². The average molecular weight is 406 g/mol. The van der Waals surface area contributed by atoms with E-state index < -0.39 is 4.92 Å². The van der Waals surface area contributed by atoms with Crippen molar-refractivity contribution in [3.05, 3.63) is 22.2 Å². The second kappa shape index (κ2) is 6.65. The van der Waals surface area contributed by atoms with E-state index in [0.717, 1.165) is 0 Å². The molecule has 9 nitrogen and oxygen atoms in total. The number of alkyl halides is 1. The van der Waals surface area contributed by atoms with E-state index >= 15 is 0 Å². The van der Waals surface area contributed by atoms with Crippen molar-refractivity contribution < 1.29 is 19.0 Å². The fraction of sp³-hybridized carbons (Fsp3) is 0.364. The highest BCUT2D eigenvalue weighted by molar-refractivity contribution is 14.1. The molecule has 0 saturated heterocycles. The minimum atomic E-state index is -0.554. The second-order valence-corrected chi connectivity index (χ2v) is 4.85. The van der Waals surface area contributed by atoms with Crippen LogP contribution in [-0.2, 0) is 9.53 Å². The molecule has 0 aliphatic carbocycles. The first kappa shape index (κ1) is 15.4. The van der Waals surface area contributed by atoms with Crippen LogP contribution in [0, 0.1) is 10.1 Å². The van der Waals surface area contributed by atoms with Gasteiger partial charge in [-0.15, -0.1) is 5.10 Å². The lowest BCUT2D eigenvalue weighted by Gasteiger charge is -2.18. The summed E-state index contributed by atoms with van der Waals surface area (Å²) in [6.45, 7) is 0.629. The first-order chi connectivity index (χ1) is 10.0. The van der Waals surface area contributed by atoms with Gasteiger partial charge in [0.25, 0.3) is 5.58 Å². The molecule has 1 heterocycles. The molecule has 0 fully saturated rings. The highest BCUT2D eigenvalue weighted by Crippen LogP contribution is 2.31. The maximum absolute atomic E-state index is 11.1. The summed E-state index contributed by atoms with van der Waals surface area (Å²) >= 11 is 1.92. The number of nitro groups is 1. The highest BCUT2D eigenvalue weighted by Gasteiger charge is 2.21. The molecule has 0 amide bonds. The number of carbonyl (C=O) groups is 1. The predicted molar refractivity (Wildman–Crippen MR) is 81.6 cm³/mol. The maximum atomic E-state index is 11.1. The Morgan fingerprint density at radius 2 is 2.33 bits per heavy atom. The van der Waals surface area contributed by atoms with Crippen LogP contribution in [0.1, 0.15) is 0 Å². The smallest absolute Gasteiger partial charge is 0.316 e. The summed E-state index contributed by atoms with van der Waals surface area (Å²) in [4.78, 5) is 23.2. The summed E-state index contributed by atoms with van der Waals surface area (Å²) < 4.78 is 10.1. The molecule has 1 aromatic heterocycles. The van der Waals surface area contributed by atoms with Crippen molar-refractivity contribution >= 4 is 51.0 Å². The lowest BCUT2D eigenvalue weighted by atomic mass is 10.2. The van der Waals surface area contributed by atoms with Crippen LogP contribution in [0.3, 0.4) is 0 Å². The van der Waals surface area contributed by atoms with Gasteiger partial charge in [-0.25, -0.2) is 0 Å². The Morgan fingerprint density at radius 3 is 3.00 bits per heavy atom. The summed E-state index contributed by atoms with van der Waals surface area (Å²) in [6, 6.07) is 2.89. The molecule has 1 aromatic carbocycles. The Morgan fingerprint density at radius 1 is 1.57 bits per heavy atom. The van der Waals surface area contributed by atoms with Gasteiger partial charge in [-0.05, 0) is 6.07 Å². The van der Waals surface area contributed by atoms with Crippen LogP contribution in [0.15, 0.2) is 16.7 Å². The molecular formula is C11H11IN4O5. The largest absolute Gasteiger partial charge is 0.463 e. The Bertz CT molecular complexity index is 674. The van der Waals surface area contributed by atoms with Gasteiger partial charge in [0.1, 0.15) is 6.61 Å². The minimum Gasteiger partial charge on any atom is -0.463 e. The third kappa shape index (κ3) is 3.37. The zero-order valence-corrected chi connectivity index (χ0v) is 13.1. The molecule has 0 bridgehead atoms. The van der Waals surface area contributed by atoms with E-state index in [4.69, 9.17) is 9.26 Å². The monoisotopic (exact) mass is 406 g/mol. The predicted octanol–water partition coefficient (Wildman–Crippen LogP) is 1.55. The number of esters is 1. The van der Waals surface area contributed by atoms with Gasteiger partial charge < -0.3 is 14.2 Å². The van der Waals surface area contributed by atoms with E-state index in [9.17, 15) is 14.9 Å². The van der Waals surface area contributed by atoms with Crippen LogP contribution < -0.4 is 4.90 Å². The fourth-order valence-electron chi connectivity index (χ4n) is 1.75. The van der Waals surface area contributed by atoms with Gasteiger partial charge in [0.05, 0.1) is 21.6 Å². The number of halogens is 1. The van der Waals surface area contributed by atoms with Crippen molar-refractivity contribution in [3.63, 3.8) is 0 Å². The lowest BCUT2D eigenvalue weighted by molar-refractivity contribution is -0.383. The molecule has 112 valence electrons. The zero-order chi connectivity index (χ0) is 15.4. The van der Waals surface area contributed by atoms with Crippen LogP contribution in [0.4, 0.5) is 11.4 Å². The number of carbonyl (C=O) groups excluding carboxylic acids is 1. The topological polar surface area (TPSA) is 112 Å². The Kier molecular flexibility index (Phi) is 4.88. The van der Waals surface area contributed by atoms with Crippen molar-refractivity contribution in [2.45, 2.75) is 0 Å². The summed E-state index contributed by atoms with van der Waals surface area (Å²) in [5.41, 5.74) is 0.742. The molecule has 0 radical (unpaired) electrons. The number of anilines is 1. The Hall–Kier alpha value is -1.98. The van der Waals surface area contributed by atoms with Crippen molar-refractivity contribution in [1.82, 2.24) is 10.4 Å². The molecule has 0 aliphatic heterocycles. The lowest BCUT2D eigenvalue weighted by Crippen LogP contribution is -2.24. The van der Waals surface area contributed by atoms with Gasteiger partial charge in [0, 0.05) is 18.4 Å². The molecule has 0 unspecified atom stereocenters. The summed E-state index contributed by atoms with van der Waals surface area (Å²) in [5, 5.41) is 18.0. The van der Waals surface area contributed by atoms with E-state index in [1.54, 1.807) is 18.0 Å². The summed E-state index contributed by atoms with van der Waals surface area (Å²) in [5.74, 6) is -0.291. The third-order valence-electron chi connectivity index (χ3n) is 2.77. The minimum absolute atomic E-state index is 0.0219. The van der Waals surface area contributed by atoms with Crippen LogP contribution in [0.5, 0.6) is 0 Å². The number of likely N-dealkylation sites (N-methyl/N-ethyl adjacent to an activating group) is 1. The fourth-order valence-corrected chi connectivity index (χ4v) is 1.97. The highest BCUT2D eigenvalue weighted by atomic mass is 127. The molecule has 0 saturated carbocycles. The van der Waals surface area contributed by atoms with Crippen LogP contribution in [0.2, 0.25) is 0 Å². The number of nitro benzene ring substituents is 1. The van der Waals surface area contributed by atoms with E-state index in [1.807, 2.05) is 22.6 Å². The molecule has 21 heavy (non-hydrogen) atoms. The molecule has 2 aromatic rings. The molecule has 0 N–H and O–H groups in total. The number of rotatable bonds is 6. The standard InChI is InChI=1S/C11H11IN4O5/c1-15(4-5-20-9(17)6-12)7-2-3-8(16(18)19)11-10(7)13-14-21-11/h2-3H,4-6H2,1H3. The molecule has 0 spiro atoms. The number of aromatic nitrogens is 2. The van der Waals surface area contributed by atoms with E-state index in [1.165, 1.54) is 6.07 Å². The number of nitrogens with zero attached hydrogens (tertiary/aromatic N) is 4. The third-order valence-corrected chi connectivity index (χ3v) is 3.39. The average Bonchev–Trinajstić information content (AvgIpc) is 2.94. The van der Waals surface area contributed by atoms with Crippen LogP contribution in [0.25, 0.3) is 11.1 Å². The van der Waals surface area contributed by atoms with E-state index in [-0.39, 0.29) is 28.3 Å². The van der Waals surface area contributed by atoms with Crippen LogP contribution >= 0.6 is 22.6 Å². The molecular weight excluding hydrogens is 395 g/mol. The number of hydrogen-bond acceptors (Lipinski definition) is 8. The normalized spacial score (nSPS) is 10.6. The van der Waals surface area contributed by atoms with Gasteiger partial charge in [-0.1, -0.05) is 22.6 Å². The number of non-ortho nitro benzene ring substituents is 1. The van der Waals surface area contributed by atoms with Crippen molar-refractivity contribution in [2.24, 2.45) is 0 Å². The maximum Gasteiger partial charge on any atom is 0.316 e. The van der Waals surface area contributed by atoms with Gasteiger partial charge >= 0.3 is 11.7 Å². The molecule has 0 atom stereocenters. The number of hydrogen-bond donors (Lipinski definition) is 0. The van der Waals surface area contributed by atoms with Gasteiger partial charge in [-0.2, -0.15) is 0 Å². The van der Waals surface area contributed by atoms with Crippen molar-refractivity contribution in [3.8, 4) is 0 Å². The van der Waals surface area contributed by atoms with E-state index in [2.05, 4.69) is 10.4 Å². The van der Waals surface area contributed by atoms with Crippen molar-refractivity contribution in [2.75, 3.05) is 29.5 Å². The number of fused-ring (bicyclic) bond motifs is 1. The second-order valence-electron chi connectivity index (χ2n) is 4.09. The Labute approximate surface area is 132 Å². The molecule has 10 heteroatoms. The zero-order valence-electron chi connectivity index (χ0n) is 11.0. The quantitative estimate of drug-likeness (QED) is 0.234. The summed E-state index contributed by atoms with van der Waals surface area (Å²) in [6.07, 6.45) is 0. The first-order valence-corrected chi connectivity index (χ1v) is 7.39. The number of benzene rings is 1. The molecule has 2 rings (SSSR count). The van der Waals surface area contributed by atoms with Gasteiger partial charge in [0.15, 0.2) is 5.52 Å². The first-order valence-electron chi connectivity index (χ1n) is 5.86.